The fourth-order valence-corrected chi connectivity index (χ4v) is 2.90. The summed E-state index contributed by atoms with van der Waals surface area (Å²) in [6, 6.07) is 7.24. The Morgan fingerprint density at radius 1 is 1.38 bits per heavy atom. The maximum absolute atomic E-state index is 11.7. The van der Waals surface area contributed by atoms with Crippen LogP contribution >= 0.6 is 11.6 Å². The number of hydrogen-bond acceptors (Lipinski definition) is 3. The molecule has 0 spiro atoms. The van der Waals surface area contributed by atoms with Gasteiger partial charge in [-0.2, -0.15) is 4.31 Å². The van der Waals surface area contributed by atoms with Gasteiger partial charge in [0.1, 0.15) is 0 Å². The second-order valence-electron chi connectivity index (χ2n) is 3.56. The van der Waals surface area contributed by atoms with Crippen molar-refractivity contribution in [3.05, 3.63) is 34.9 Å². The highest BCUT2D eigenvalue weighted by molar-refractivity contribution is 7.88. The molecule has 1 heterocycles. The summed E-state index contributed by atoms with van der Waals surface area (Å²) in [5, 5.41) is 0.587. The van der Waals surface area contributed by atoms with Crippen LogP contribution in [0.3, 0.4) is 0 Å². The first kappa shape index (κ1) is 11.9. The van der Waals surface area contributed by atoms with E-state index in [0.29, 0.717) is 24.7 Å². The van der Waals surface area contributed by atoms with Gasteiger partial charge in [0, 0.05) is 18.1 Å². The van der Waals surface area contributed by atoms with Crippen molar-refractivity contribution in [1.29, 1.82) is 0 Å². The summed E-state index contributed by atoms with van der Waals surface area (Å²) in [4.78, 5) is 0. The molecule has 0 bridgehead atoms. The van der Waals surface area contributed by atoms with E-state index in [-0.39, 0.29) is 5.94 Å². The fourth-order valence-electron chi connectivity index (χ4n) is 1.54. The summed E-state index contributed by atoms with van der Waals surface area (Å²) in [7, 11) is -3.29. The Balaban J connectivity index is 2.18. The van der Waals surface area contributed by atoms with Crippen LogP contribution in [0.2, 0.25) is 5.02 Å². The number of benzene rings is 1. The maximum Gasteiger partial charge on any atom is 0.238 e. The van der Waals surface area contributed by atoms with Crippen molar-refractivity contribution in [3.63, 3.8) is 0 Å². The largest absolute Gasteiger partial charge is 0.363 e. The van der Waals surface area contributed by atoms with Crippen LogP contribution in [-0.4, -0.2) is 31.8 Å². The number of sulfonamides is 1. The molecule has 1 aliphatic heterocycles. The smallest absolute Gasteiger partial charge is 0.238 e. The number of hydrogen-bond donors (Lipinski definition) is 0. The third-order valence-corrected chi connectivity index (χ3v) is 4.35. The highest BCUT2D eigenvalue weighted by Gasteiger charge is 2.26. The maximum atomic E-state index is 11.7. The van der Waals surface area contributed by atoms with Gasteiger partial charge in [-0.25, -0.2) is 8.42 Å². The molecule has 0 saturated carbocycles. The van der Waals surface area contributed by atoms with Crippen molar-refractivity contribution in [1.82, 2.24) is 4.31 Å². The minimum atomic E-state index is -3.29. The Morgan fingerprint density at radius 3 is 2.81 bits per heavy atom. The molecular weight excluding hydrogens is 250 g/mol. The molecule has 1 aromatic carbocycles. The number of rotatable bonds is 2. The van der Waals surface area contributed by atoms with Crippen LogP contribution in [0.1, 0.15) is 5.56 Å². The molecule has 6 heteroatoms. The van der Waals surface area contributed by atoms with Crippen LogP contribution in [0, 0.1) is 0 Å². The van der Waals surface area contributed by atoms with Gasteiger partial charge in [0.05, 0.1) is 6.61 Å². The third-order valence-electron chi connectivity index (χ3n) is 2.42. The normalized spacial score (nSPS) is 20.8. The van der Waals surface area contributed by atoms with Crippen molar-refractivity contribution < 1.29 is 13.2 Å². The lowest BCUT2D eigenvalue weighted by molar-refractivity contribution is 0.130. The molecule has 1 aliphatic rings. The lowest BCUT2D eigenvalue weighted by Gasteiger charge is -2.26. The molecule has 0 radical (unpaired) electrons. The Morgan fingerprint density at radius 2 is 2.12 bits per heavy atom. The molecule has 0 aliphatic carbocycles. The summed E-state index contributed by atoms with van der Waals surface area (Å²) in [5.74, 6) is -0.239. The fraction of sp³-hybridized carbons (Fsp3) is 0.400. The average molecular weight is 262 g/mol. The van der Waals surface area contributed by atoms with E-state index in [1.165, 1.54) is 4.31 Å². The lowest BCUT2D eigenvalue weighted by atomic mass is 10.2. The quantitative estimate of drug-likeness (QED) is 0.810. The second kappa shape index (κ2) is 4.71. The molecule has 88 valence electrons. The van der Waals surface area contributed by atoms with E-state index < -0.39 is 10.0 Å². The van der Waals surface area contributed by atoms with Gasteiger partial charge in [-0.05, 0) is 11.6 Å². The number of nitrogens with zero attached hydrogens (tertiary/aromatic N) is 1. The predicted molar refractivity (Wildman–Crippen MR) is 61.6 cm³/mol. The lowest BCUT2D eigenvalue weighted by Crippen LogP contribution is -2.40. The van der Waals surface area contributed by atoms with Crippen molar-refractivity contribution >= 4 is 21.6 Å². The number of halogens is 1. The molecule has 1 aromatic rings. The van der Waals surface area contributed by atoms with E-state index in [4.69, 9.17) is 16.3 Å². The second-order valence-corrected chi connectivity index (χ2v) is 5.89. The van der Waals surface area contributed by atoms with Gasteiger partial charge in [-0.3, -0.25) is 0 Å². The van der Waals surface area contributed by atoms with Gasteiger partial charge in [0.25, 0.3) is 0 Å². The van der Waals surface area contributed by atoms with Gasteiger partial charge in [0.15, 0.2) is 5.94 Å². The Hall–Kier alpha value is -0.620. The molecule has 0 unspecified atom stereocenters. The first-order chi connectivity index (χ1) is 7.59. The van der Waals surface area contributed by atoms with Crippen molar-refractivity contribution in [2.24, 2.45) is 0 Å². The summed E-state index contributed by atoms with van der Waals surface area (Å²) >= 11 is 5.98. The van der Waals surface area contributed by atoms with E-state index in [0.717, 1.165) is 5.56 Å². The summed E-state index contributed by atoms with van der Waals surface area (Å²) in [6.07, 6.45) is 0. The monoisotopic (exact) mass is 261 g/mol. The van der Waals surface area contributed by atoms with E-state index in [9.17, 15) is 8.42 Å². The zero-order chi connectivity index (χ0) is 11.6. The SMILES string of the molecule is O=S1(=O)COCCN1Cc1ccccc1Cl. The molecule has 0 aromatic heterocycles. The molecule has 0 atom stereocenters. The molecule has 4 nitrogen and oxygen atoms in total. The van der Waals surface area contributed by atoms with Gasteiger partial charge < -0.3 is 4.74 Å². The molecule has 2 rings (SSSR count). The van der Waals surface area contributed by atoms with Crippen molar-refractivity contribution in [3.8, 4) is 0 Å². The van der Waals surface area contributed by atoms with Crippen LogP contribution in [-0.2, 0) is 21.3 Å². The van der Waals surface area contributed by atoms with Gasteiger partial charge in [-0.1, -0.05) is 29.8 Å². The minimum Gasteiger partial charge on any atom is -0.363 e. The number of ether oxygens (including phenoxy) is 1. The van der Waals surface area contributed by atoms with Crippen LogP contribution in [0.25, 0.3) is 0 Å². The minimum absolute atomic E-state index is 0.239. The molecule has 16 heavy (non-hydrogen) atoms. The molecule has 1 saturated heterocycles. The van der Waals surface area contributed by atoms with E-state index in [1.807, 2.05) is 18.2 Å². The molecule has 1 fully saturated rings. The molecule has 0 amide bonds. The van der Waals surface area contributed by atoms with E-state index in [1.54, 1.807) is 6.07 Å². The first-order valence-corrected chi connectivity index (χ1v) is 6.87. The molecular formula is C10H12ClNO3S. The highest BCUT2D eigenvalue weighted by Crippen LogP contribution is 2.19. The molecule has 0 N–H and O–H groups in total. The van der Waals surface area contributed by atoms with Gasteiger partial charge >= 0.3 is 0 Å². The average Bonchev–Trinajstić information content (AvgIpc) is 2.24. The first-order valence-electron chi connectivity index (χ1n) is 4.88. The topological polar surface area (TPSA) is 46.6 Å². The van der Waals surface area contributed by atoms with Crippen molar-refractivity contribution in [2.75, 3.05) is 19.1 Å². The highest BCUT2D eigenvalue weighted by atomic mass is 35.5. The Bertz CT molecular complexity index is 475. The summed E-state index contributed by atoms with van der Waals surface area (Å²) in [5.41, 5.74) is 0.814. The van der Waals surface area contributed by atoms with Crippen LogP contribution in [0.5, 0.6) is 0 Å². The zero-order valence-electron chi connectivity index (χ0n) is 8.60. The third kappa shape index (κ3) is 2.55. The van der Waals surface area contributed by atoms with Crippen LogP contribution in [0.15, 0.2) is 24.3 Å². The van der Waals surface area contributed by atoms with Gasteiger partial charge in [-0.15, -0.1) is 0 Å². The summed E-state index contributed by atoms with van der Waals surface area (Å²) in [6.45, 7) is 1.13. The standard InChI is InChI=1S/C10H12ClNO3S/c11-10-4-2-1-3-9(10)7-12-5-6-15-8-16(12,13)14/h1-4H,5-8H2. The van der Waals surface area contributed by atoms with Gasteiger partial charge in [0.2, 0.25) is 10.0 Å². The zero-order valence-corrected chi connectivity index (χ0v) is 10.2. The van der Waals surface area contributed by atoms with Crippen molar-refractivity contribution in [2.45, 2.75) is 6.54 Å². The van der Waals surface area contributed by atoms with E-state index >= 15 is 0 Å². The van der Waals surface area contributed by atoms with E-state index in [2.05, 4.69) is 0 Å². The Labute approximate surface area is 99.8 Å². The summed E-state index contributed by atoms with van der Waals surface area (Å²) < 4.78 is 29.6. The Kier molecular flexibility index (Phi) is 3.49. The predicted octanol–water partition coefficient (Wildman–Crippen LogP) is 1.46. The van der Waals surface area contributed by atoms with Crippen LogP contribution in [0.4, 0.5) is 0 Å². The van der Waals surface area contributed by atoms with Crippen LogP contribution < -0.4 is 0 Å².